The van der Waals surface area contributed by atoms with Gasteiger partial charge in [-0.05, 0) is 25.0 Å². The largest absolute Gasteiger partial charge is 0.497 e. The van der Waals surface area contributed by atoms with Crippen LogP contribution in [0.25, 0.3) is 0 Å². The summed E-state index contributed by atoms with van der Waals surface area (Å²) in [5, 5.41) is 5.92. The van der Waals surface area contributed by atoms with E-state index in [1.807, 2.05) is 18.2 Å². The smallest absolute Gasteiger partial charge is 0.238 e. The molecule has 0 atom stereocenters. The number of nitrogens with one attached hydrogen (secondary N) is 2. The Morgan fingerprint density at radius 2 is 2.14 bits per heavy atom. The van der Waals surface area contributed by atoms with Gasteiger partial charge in [0.25, 0.3) is 0 Å². The van der Waals surface area contributed by atoms with E-state index in [0.717, 1.165) is 11.4 Å². The Morgan fingerprint density at radius 3 is 2.90 bits per heavy atom. The molecule has 0 bridgehead atoms. The highest BCUT2D eigenvalue weighted by atomic mass is 16.5. The lowest BCUT2D eigenvalue weighted by atomic mass is 10.3. The van der Waals surface area contributed by atoms with E-state index in [2.05, 4.69) is 10.6 Å². The molecular formula is C16H24N2O3. The van der Waals surface area contributed by atoms with E-state index in [-0.39, 0.29) is 12.5 Å². The van der Waals surface area contributed by atoms with E-state index in [1.54, 1.807) is 13.2 Å². The number of hydrogen-bond donors (Lipinski definition) is 2. The van der Waals surface area contributed by atoms with Gasteiger partial charge in [0.05, 0.1) is 26.4 Å². The summed E-state index contributed by atoms with van der Waals surface area (Å²) in [6, 6.07) is 7.32. The van der Waals surface area contributed by atoms with Crippen LogP contribution in [0.2, 0.25) is 0 Å². The van der Waals surface area contributed by atoms with Crippen LogP contribution in [-0.2, 0) is 9.53 Å². The molecule has 0 unspecified atom stereocenters. The predicted molar refractivity (Wildman–Crippen MR) is 82.7 cm³/mol. The molecule has 5 heteroatoms. The van der Waals surface area contributed by atoms with E-state index in [4.69, 9.17) is 9.47 Å². The third-order valence-electron chi connectivity index (χ3n) is 3.57. The van der Waals surface area contributed by atoms with Crippen molar-refractivity contribution in [2.24, 2.45) is 0 Å². The van der Waals surface area contributed by atoms with E-state index < -0.39 is 0 Å². The Kier molecular flexibility index (Phi) is 6.50. The average molecular weight is 292 g/mol. The van der Waals surface area contributed by atoms with Crippen LogP contribution < -0.4 is 15.4 Å². The Balaban J connectivity index is 1.58. The third-order valence-corrected chi connectivity index (χ3v) is 3.57. The summed E-state index contributed by atoms with van der Waals surface area (Å²) in [6.45, 7) is 1.64. The zero-order valence-corrected chi connectivity index (χ0v) is 12.6. The van der Waals surface area contributed by atoms with Gasteiger partial charge in [-0.15, -0.1) is 0 Å². The van der Waals surface area contributed by atoms with E-state index >= 15 is 0 Å². The minimum Gasteiger partial charge on any atom is -0.497 e. The molecule has 116 valence electrons. The minimum absolute atomic E-state index is 0.0656. The Bertz CT molecular complexity index is 445. The number of benzene rings is 1. The summed E-state index contributed by atoms with van der Waals surface area (Å²) >= 11 is 0. The molecule has 2 N–H and O–H groups in total. The molecule has 1 fully saturated rings. The molecule has 0 saturated heterocycles. The van der Waals surface area contributed by atoms with Gasteiger partial charge >= 0.3 is 0 Å². The molecule has 1 saturated carbocycles. The van der Waals surface area contributed by atoms with Crippen LogP contribution in [-0.4, -0.2) is 38.8 Å². The van der Waals surface area contributed by atoms with E-state index in [9.17, 15) is 4.79 Å². The second-order valence-electron chi connectivity index (χ2n) is 5.23. The molecule has 1 aliphatic carbocycles. The maximum atomic E-state index is 11.8. The normalized spacial score (nSPS) is 15.1. The molecule has 2 rings (SSSR count). The van der Waals surface area contributed by atoms with Gasteiger partial charge in [-0.2, -0.15) is 0 Å². The first-order valence-corrected chi connectivity index (χ1v) is 7.54. The number of amides is 1. The molecule has 21 heavy (non-hydrogen) atoms. The van der Waals surface area contributed by atoms with Gasteiger partial charge in [0.2, 0.25) is 5.91 Å². The zero-order valence-electron chi connectivity index (χ0n) is 12.6. The van der Waals surface area contributed by atoms with Gasteiger partial charge in [0.15, 0.2) is 0 Å². The third kappa shape index (κ3) is 5.73. The second kappa shape index (κ2) is 8.64. The van der Waals surface area contributed by atoms with Gasteiger partial charge in [-0.3, -0.25) is 4.79 Å². The lowest BCUT2D eigenvalue weighted by Gasteiger charge is -2.11. The number of anilines is 1. The summed E-state index contributed by atoms with van der Waals surface area (Å²) < 4.78 is 10.8. The number of carbonyl (C=O) groups is 1. The molecule has 1 aliphatic rings. The molecule has 0 aliphatic heterocycles. The van der Waals surface area contributed by atoms with Crippen LogP contribution >= 0.6 is 0 Å². The van der Waals surface area contributed by atoms with Crippen molar-refractivity contribution in [1.82, 2.24) is 5.32 Å². The van der Waals surface area contributed by atoms with Gasteiger partial charge in [0, 0.05) is 18.3 Å². The summed E-state index contributed by atoms with van der Waals surface area (Å²) in [6.07, 6.45) is 5.34. The number of rotatable bonds is 8. The van der Waals surface area contributed by atoms with Crippen LogP contribution in [0, 0.1) is 0 Å². The minimum atomic E-state index is -0.0656. The number of hydrogen-bond acceptors (Lipinski definition) is 4. The lowest BCUT2D eigenvalue weighted by molar-refractivity contribution is -0.115. The van der Waals surface area contributed by atoms with Gasteiger partial charge in [-0.25, -0.2) is 0 Å². The quantitative estimate of drug-likeness (QED) is 0.721. The number of methoxy groups -OCH3 is 1. The standard InChI is InChI=1S/C16H24N2O3/c1-20-15-8-4-5-13(11-15)18-16(19)12-17-9-10-21-14-6-2-3-7-14/h4-5,8,11,14,17H,2-3,6-7,9-10,12H2,1H3,(H,18,19). The fourth-order valence-corrected chi connectivity index (χ4v) is 2.46. The molecule has 0 spiro atoms. The van der Waals surface area contributed by atoms with Crippen LogP contribution in [0.15, 0.2) is 24.3 Å². The first kappa shape index (κ1) is 15.8. The predicted octanol–water partition coefficient (Wildman–Crippen LogP) is 2.18. The van der Waals surface area contributed by atoms with Crippen LogP contribution in [0.5, 0.6) is 5.75 Å². The van der Waals surface area contributed by atoms with Crippen molar-refractivity contribution in [2.45, 2.75) is 31.8 Å². The maximum absolute atomic E-state index is 11.8. The van der Waals surface area contributed by atoms with E-state index in [1.165, 1.54) is 25.7 Å². The summed E-state index contributed by atoms with van der Waals surface area (Å²) in [4.78, 5) is 11.8. The Hall–Kier alpha value is -1.59. The van der Waals surface area contributed by atoms with Crippen molar-refractivity contribution in [1.29, 1.82) is 0 Å². The molecule has 1 amide bonds. The van der Waals surface area contributed by atoms with E-state index in [0.29, 0.717) is 19.3 Å². The second-order valence-corrected chi connectivity index (χ2v) is 5.23. The highest BCUT2D eigenvalue weighted by Gasteiger charge is 2.14. The van der Waals surface area contributed by atoms with Crippen LogP contribution in [0.4, 0.5) is 5.69 Å². The molecular weight excluding hydrogens is 268 g/mol. The monoisotopic (exact) mass is 292 g/mol. The zero-order chi connectivity index (χ0) is 14.9. The van der Waals surface area contributed by atoms with Gasteiger partial charge in [-0.1, -0.05) is 18.9 Å². The lowest BCUT2D eigenvalue weighted by Crippen LogP contribution is -2.31. The molecule has 1 aromatic rings. The molecule has 1 aromatic carbocycles. The first-order valence-electron chi connectivity index (χ1n) is 7.54. The van der Waals surface area contributed by atoms with Crippen LogP contribution in [0.1, 0.15) is 25.7 Å². The van der Waals surface area contributed by atoms with Crippen molar-refractivity contribution < 1.29 is 14.3 Å². The Labute approximate surface area is 126 Å². The fourth-order valence-electron chi connectivity index (χ4n) is 2.46. The highest BCUT2D eigenvalue weighted by molar-refractivity contribution is 5.92. The van der Waals surface area contributed by atoms with Crippen molar-refractivity contribution in [2.75, 3.05) is 32.1 Å². The summed E-state index contributed by atoms with van der Waals surface area (Å²) in [7, 11) is 1.60. The highest BCUT2D eigenvalue weighted by Crippen LogP contribution is 2.20. The number of ether oxygens (including phenoxy) is 2. The molecule has 5 nitrogen and oxygen atoms in total. The first-order chi connectivity index (χ1) is 10.3. The van der Waals surface area contributed by atoms with Gasteiger partial charge < -0.3 is 20.1 Å². The molecule has 0 aromatic heterocycles. The van der Waals surface area contributed by atoms with Gasteiger partial charge in [0.1, 0.15) is 5.75 Å². The summed E-state index contributed by atoms with van der Waals surface area (Å²) in [5.41, 5.74) is 0.739. The number of carbonyl (C=O) groups excluding carboxylic acids is 1. The van der Waals surface area contributed by atoms with Crippen molar-refractivity contribution >= 4 is 11.6 Å². The SMILES string of the molecule is COc1cccc(NC(=O)CNCCOC2CCCC2)c1. The molecule has 0 heterocycles. The maximum Gasteiger partial charge on any atom is 0.238 e. The Morgan fingerprint density at radius 1 is 1.33 bits per heavy atom. The fraction of sp³-hybridized carbons (Fsp3) is 0.562. The topological polar surface area (TPSA) is 59.6 Å². The van der Waals surface area contributed by atoms with Crippen LogP contribution in [0.3, 0.4) is 0 Å². The average Bonchev–Trinajstić information content (AvgIpc) is 3.00. The van der Waals surface area contributed by atoms with Crippen molar-refractivity contribution in [3.63, 3.8) is 0 Å². The van der Waals surface area contributed by atoms with Crippen molar-refractivity contribution in [3.8, 4) is 5.75 Å². The summed E-state index contributed by atoms with van der Waals surface area (Å²) in [5.74, 6) is 0.662. The van der Waals surface area contributed by atoms with Crippen molar-refractivity contribution in [3.05, 3.63) is 24.3 Å². The molecule has 0 radical (unpaired) electrons.